The zero-order valence-corrected chi connectivity index (χ0v) is 13.3. The highest BCUT2D eigenvalue weighted by molar-refractivity contribution is 7.91. The molecular formula is C13H15Cl2NO3S. The van der Waals surface area contributed by atoms with Gasteiger partial charge in [-0.15, -0.1) is 0 Å². The van der Waals surface area contributed by atoms with Gasteiger partial charge in [0.25, 0.3) is 0 Å². The maximum absolute atomic E-state index is 12.1. The molecule has 1 saturated heterocycles. The molecule has 1 aliphatic rings. The number of carbonyl (C=O) groups excluding carboxylic acids is 1. The van der Waals surface area contributed by atoms with Crippen molar-refractivity contribution in [3.63, 3.8) is 0 Å². The molecule has 1 fully saturated rings. The minimum Gasteiger partial charge on any atom is -0.350 e. The van der Waals surface area contributed by atoms with E-state index in [9.17, 15) is 13.2 Å². The second-order valence-electron chi connectivity index (χ2n) is 5.33. The normalized spacial score (nSPS) is 24.6. The summed E-state index contributed by atoms with van der Waals surface area (Å²) < 4.78 is 23.0. The average molecular weight is 336 g/mol. The van der Waals surface area contributed by atoms with Crippen LogP contribution in [0.25, 0.3) is 0 Å². The molecule has 110 valence electrons. The smallest absolute Gasteiger partial charge is 0.224 e. The molecule has 7 heteroatoms. The molecule has 0 unspecified atom stereocenters. The van der Waals surface area contributed by atoms with Gasteiger partial charge in [-0.3, -0.25) is 4.79 Å². The molecular weight excluding hydrogens is 321 g/mol. The van der Waals surface area contributed by atoms with Gasteiger partial charge in [-0.1, -0.05) is 29.3 Å². The van der Waals surface area contributed by atoms with Crippen molar-refractivity contribution in [2.45, 2.75) is 25.3 Å². The molecule has 0 radical (unpaired) electrons. The molecule has 0 bridgehead atoms. The Morgan fingerprint density at radius 3 is 2.45 bits per heavy atom. The van der Waals surface area contributed by atoms with Crippen molar-refractivity contribution >= 4 is 38.9 Å². The van der Waals surface area contributed by atoms with Crippen molar-refractivity contribution in [1.29, 1.82) is 0 Å². The summed E-state index contributed by atoms with van der Waals surface area (Å²) in [4.78, 5) is 12.1. The van der Waals surface area contributed by atoms with Gasteiger partial charge in [0, 0.05) is 10.0 Å². The highest BCUT2D eigenvalue weighted by Crippen LogP contribution is 2.26. The van der Waals surface area contributed by atoms with Crippen LogP contribution < -0.4 is 5.32 Å². The predicted octanol–water partition coefficient (Wildman–Crippen LogP) is 2.23. The molecule has 1 amide bonds. The number of nitrogens with one attached hydrogen (secondary N) is 1. The summed E-state index contributed by atoms with van der Waals surface area (Å²) in [5, 5.41) is 3.63. The summed E-state index contributed by atoms with van der Waals surface area (Å²) in [6.45, 7) is 1.74. The van der Waals surface area contributed by atoms with Crippen LogP contribution in [0, 0.1) is 0 Å². The first-order valence-corrected chi connectivity index (χ1v) is 8.73. The number of benzene rings is 1. The van der Waals surface area contributed by atoms with Crippen LogP contribution in [0.15, 0.2) is 18.2 Å². The van der Waals surface area contributed by atoms with Gasteiger partial charge in [-0.2, -0.15) is 0 Å². The maximum atomic E-state index is 12.1. The molecule has 20 heavy (non-hydrogen) atoms. The Kier molecular flexibility index (Phi) is 4.33. The average Bonchev–Trinajstić information content (AvgIpc) is 2.58. The van der Waals surface area contributed by atoms with Crippen LogP contribution >= 0.6 is 23.2 Å². The number of sulfone groups is 1. The summed E-state index contributed by atoms with van der Waals surface area (Å²) in [5.41, 5.74) is -0.151. The van der Waals surface area contributed by atoms with Crippen LogP contribution in [0.5, 0.6) is 0 Å². The largest absolute Gasteiger partial charge is 0.350 e. The fraction of sp³-hybridized carbons (Fsp3) is 0.462. The number of amides is 1. The monoisotopic (exact) mass is 335 g/mol. The topological polar surface area (TPSA) is 63.2 Å². The van der Waals surface area contributed by atoms with E-state index in [0.29, 0.717) is 22.0 Å². The maximum Gasteiger partial charge on any atom is 0.224 e. The highest BCUT2D eigenvalue weighted by atomic mass is 35.5. The molecule has 1 heterocycles. The first-order chi connectivity index (χ1) is 9.21. The van der Waals surface area contributed by atoms with Gasteiger partial charge in [-0.05, 0) is 31.0 Å². The van der Waals surface area contributed by atoms with E-state index >= 15 is 0 Å². The third-order valence-corrected chi connectivity index (χ3v) is 5.95. The molecule has 0 spiro atoms. The van der Waals surface area contributed by atoms with E-state index in [4.69, 9.17) is 23.2 Å². The number of carbonyl (C=O) groups is 1. The van der Waals surface area contributed by atoms with E-state index in [2.05, 4.69) is 5.32 Å². The van der Waals surface area contributed by atoms with Crippen LogP contribution in [0.3, 0.4) is 0 Å². The van der Waals surface area contributed by atoms with Crippen molar-refractivity contribution in [3.8, 4) is 0 Å². The fourth-order valence-corrected chi connectivity index (χ4v) is 4.98. The lowest BCUT2D eigenvalue weighted by Gasteiger charge is -2.24. The molecule has 1 N–H and O–H groups in total. The molecule has 2 rings (SSSR count). The van der Waals surface area contributed by atoms with Gasteiger partial charge in [0.2, 0.25) is 5.91 Å². The summed E-state index contributed by atoms with van der Waals surface area (Å²) in [6, 6.07) is 5.03. The van der Waals surface area contributed by atoms with E-state index in [-0.39, 0.29) is 23.8 Å². The van der Waals surface area contributed by atoms with E-state index in [1.807, 2.05) is 0 Å². The van der Waals surface area contributed by atoms with E-state index in [1.54, 1.807) is 25.1 Å². The Hall–Kier alpha value is -0.780. The van der Waals surface area contributed by atoms with Gasteiger partial charge < -0.3 is 5.32 Å². The highest BCUT2D eigenvalue weighted by Gasteiger charge is 2.39. The van der Waals surface area contributed by atoms with E-state index in [0.717, 1.165) is 0 Å². The van der Waals surface area contributed by atoms with Crippen molar-refractivity contribution in [1.82, 2.24) is 5.32 Å². The van der Waals surface area contributed by atoms with Crippen molar-refractivity contribution in [2.75, 3.05) is 11.5 Å². The SMILES string of the molecule is C[C@@]1(NC(=O)Cc2c(Cl)cccc2Cl)CCS(=O)(=O)C1. The minimum absolute atomic E-state index is 0.0258. The molecule has 4 nitrogen and oxygen atoms in total. The Morgan fingerprint density at radius 2 is 1.95 bits per heavy atom. The molecule has 0 aromatic heterocycles. The lowest BCUT2D eigenvalue weighted by Crippen LogP contribution is -2.47. The number of rotatable bonds is 3. The first-order valence-electron chi connectivity index (χ1n) is 6.15. The summed E-state index contributed by atoms with van der Waals surface area (Å²) >= 11 is 12.0. The molecule has 1 aromatic rings. The lowest BCUT2D eigenvalue weighted by atomic mass is 10.0. The van der Waals surface area contributed by atoms with Crippen LogP contribution in [0.2, 0.25) is 10.0 Å². The molecule has 1 aromatic carbocycles. The second-order valence-corrected chi connectivity index (χ2v) is 8.33. The van der Waals surface area contributed by atoms with Gasteiger partial charge in [0.1, 0.15) is 0 Å². The summed E-state index contributed by atoms with van der Waals surface area (Å²) in [7, 11) is -3.06. The third-order valence-electron chi connectivity index (χ3n) is 3.34. The lowest BCUT2D eigenvalue weighted by molar-refractivity contribution is -0.121. The molecule has 0 aliphatic carbocycles. The second kappa shape index (κ2) is 5.54. The first kappa shape index (κ1) is 15.6. The Morgan fingerprint density at radius 1 is 1.35 bits per heavy atom. The van der Waals surface area contributed by atoms with Gasteiger partial charge in [0.15, 0.2) is 9.84 Å². The summed E-state index contributed by atoms with van der Waals surface area (Å²) in [6.07, 6.45) is 0.464. The van der Waals surface area contributed by atoms with Gasteiger partial charge in [-0.25, -0.2) is 8.42 Å². The Labute approximate surface area is 128 Å². The summed E-state index contributed by atoms with van der Waals surface area (Å²) in [5.74, 6) is -0.196. The number of hydrogen-bond acceptors (Lipinski definition) is 3. The van der Waals surface area contributed by atoms with Crippen molar-refractivity contribution in [3.05, 3.63) is 33.8 Å². The van der Waals surface area contributed by atoms with Crippen LogP contribution in [-0.4, -0.2) is 31.4 Å². The quantitative estimate of drug-likeness (QED) is 0.921. The van der Waals surface area contributed by atoms with Crippen molar-refractivity contribution < 1.29 is 13.2 Å². The number of hydrogen-bond donors (Lipinski definition) is 1. The van der Waals surface area contributed by atoms with Crippen LogP contribution in [0.1, 0.15) is 18.9 Å². The zero-order chi connectivity index (χ0) is 15.0. The number of halogens is 2. The Bertz CT molecular complexity index is 625. The van der Waals surface area contributed by atoms with E-state index < -0.39 is 15.4 Å². The van der Waals surface area contributed by atoms with Gasteiger partial charge in [0.05, 0.1) is 23.5 Å². The van der Waals surface area contributed by atoms with E-state index in [1.165, 1.54) is 0 Å². The predicted molar refractivity (Wildman–Crippen MR) is 80.0 cm³/mol. The van der Waals surface area contributed by atoms with Crippen molar-refractivity contribution in [2.24, 2.45) is 0 Å². The van der Waals surface area contributed by atoms with Crippen LogP contribution in [0.4, 0.5) is 0 Å². The third kappa shape index (κ3) is 3.65. The minimum atomic E-state index is -3.06. The zero-order valence-electron chi connectivity index (χ0n) is 10.9. The molecule has 0 saturated carbocycles. The molecule has 1 aliphatic heterocycles. The fourth-order valence-electron chi connectivity index (χ4n) is 2.35. The van der Waals surface area contributed by atoms with Gasteiger partial charge >= 0.3 is 0 Å². The Balaban J connectivity index is 2.07. The standard InChI is InChI=1S/C13H15Cl2NO3S/c1-13(5-6-20(18,19)8-13)16-12(17)7-9-10(14)3-2-4-11(9)15/h2-4H,5-8H2,1H3,(H,16,17)/t13-/m1/s1. The van der Waals surface area contributed by atoms with Crippen LogP contribution in [-0.2, 0) is 21.1 Å². The molecule has 1 atom stereocenters.